The van der Waals surface area contributed by atoms with Gasteiger partial charge in [-0.1, -0.05) is 13.8 Å². The molecule has 18 heavy (non-hydrogen) atoms. The first-order chi connectivity index (χ1) is 8.58. The van der Waals surface area contributed by atoms with Crippen molar-refractivity contribution < 1.29 is 0 Å². The summed E-state index contributed by atoms with van der Waals surface area (Å²) in [5.41, 5.74) is 0. The summed E-state index contributed by atoms with van der Waals surface area (Å²) < 4.78 is 4.46. The number of nitrogens with zero attached hydrogens (tertiary/aromatic N) is 3. The van der Waals surface area contributed by atoms with Crippen molar-refractivity contribution in [1.82, 2.24) is 14.7 Å². The van der Waals surface area contributed by atoms with E-state index in [2.05, 4.69) is 47.3 Å². The zero-order valence-electron chi connectivity index (χ0n) is 11.8. The normalized spacial score (nSPS) is 20.0. The third-order valence-electron chi connectivity index (χ3n) is 3.40. The fraction of sp³-hybridized carbons (Fsp3) is 0.846. The molecule has 1 unspecified atom stereocenters. The summed E-state index contributed by atoms with van der Waals surface area (Å²) in [7, 11) is 0. The summed E-state index contributed by atoms with van der Waals surface area (Å²) in [6, 6.07) is 1.08. The molecule has 0 radical (unpaired) electrons. The predicted octanol–water partition coefficient (Wildman–Crippen LogP) is 2.63. The van der Waals surface area contributed by atoms with Gasteiger partial charge in [-0.25, -0.2) is 4.98 Å². The van der Waals surface area contributed by atoms with Gasteiger partial charge in [0.2, 0.25) is 5.13 Å². The second-order valence-corrected chi connectivity index (χ2v) is 6.36. The van der Waals surface area contributed by atoms with Crippen molar-refractivity contribution in [3.05, 3.63) is 5.82 Å². The Labute approximate surface area is 114 Å². The Balaban J connectivity index is 2.07. The maximum absolute atomic E-state index is 4.68. The molecule has 1 aliphatic heterocycles. The van der Waals surface area contributed by atoms with Crippen molar-refractivity contribution in [2.75, 3.05) is 18.0 Å². The minimum absolute atomic E-state index is 0.411. The van der Waals surface area contributed by atoms with Crippen molar-refractivity contribution in [2.45, 2.75) is 58.5 Å². The Morgan fingerprint density at radius 3 is 2.67 bits per heavy atom. The van der Waals surface area contributed by atoms with E-state index in [-0.39, 0.29) is 0 Å². The van der Waals surface area contributed by atoms with E-state index in [0.29, 0.717) is 18.0 Å². The number of nitrogens with one attached hydrogen (secondary N) is 1. The average molecular weight is 268 g/mol. The SMILES string of the molecule is CC(C)c1nsc(N(CC2CCCN2)C(C)C)n1. The van der Waals surface area contributed by atoms with Gasteiger partial charge >= 0.3 is 0 Å². The highest BCUT2D eigenvalue weighted by atomic mass is 32.1. The van der Waals surface area contributed by atoms with E-state index in [1.807, 2.05) is 0 Å². The maximum Gasteiger partial charge on any atom is 0.205 e. The molecule has 2 rings (SSSR count). The van der Waals surface area contributed by atoms with Crippen LogP contribution in [0, 0.1) is 0 Å². The molecule has 1 aromatic rings. The molecule has 0 amide bonds. The summed E-state index contributed by atoms with van der Waals surface area (Å²) in [6.45, 7) is 10.9. The van der Waals surface area contributed by atoms with Crippen molar-refractivity contribution in [1.29, 1.82) is 0 Å². The van der Waals surface area contributed by atoms with E-state index in [0.717, 1.165) is 24.0 Å². The second-order valence-electron chi connectivity index (χ2n) is 5.63. The van der Waals surface area contributed by atoms with Gasteiger partial charge in [0.1, 0.15) is 5.82 Å². The Morgan fingerprint density at radius 1 is 1.39 bits per heavy atom. The summed E-state index contributed by atoms with van der Waals surface area (Å²) in [6.07, 6.45) is 2.57. The topological polar surface area (TPSA) is 41.1 Å². The molecule has 1 fully saturated rings. The standard InChI is InChI=1S/C13H24N4S/c1-9(2)12-15-13(18-16-12)17(10(3)4)8-11-6-5-7-14-11/h9-11,14H,5-8H2,1-4H3. The minimum atomic E-state index is 0.411. The van der Waals surface area contributed by atoms with Crippen LogP contribution in [-0.4, -0.2) is 34.5 Å². The number of aromatic nitrogens is 2. The monoisotopic (exact) mass is 268 g/mol. The lowest BCUT2D eigenvalue weighted by Crippen LogP contribution is -2.41. The molecule has 1 saturated heterocycles. The van der Waals surface area contributed by atoms with Gasteiger partial charge in [-0.2, -0.15) is 4.37 Å². The number of hydrogen-bond donors (Lipinski definition) is 1. The van der Waals surface area contributed by atoms with Crippen LogP contribution in [0.2, 0.25) is 0 Å². The highest BCUT2D eigenvalue weighted by molar-refractivity contribution is 7.09. The fourth-order valence-electron chi connectivity index (χ4n) is 2.24. The van der Waals surface area contributed by atoms with E-state index in [1.54, 1.807) is 0 Å². The highest BCUT2D eigenvalue weighted by Gasteiger charge is 2.22. The molecular weight excluding hydrogens is 244 g/mol. The van der Waals surface area contributed by atoms with E-state index >= 15 is 0 Å². The van der Waals surface area contributed by atoms with Crippen molar-refractivity contribution >= 4 is 16.7 Å². The molecule has 4 nitrogen and oxygen atoms in total. The average Bonchev–Trinajstić information content (AvgIpc) is 2.96. The maximum atomic E-state index is 4.68. The number of rotatable bonds is 5. The number of anilines is 1. The Morgan fingerprint density at radius 2 is 2.17 bits per heavy atom. The van der Waals surface area contributed by atoms with Crippen LogP contribution in [0.25, 0.3) is 0 Å². The second kappa shape index (κ2) is 5.97. The summed E-state index contributed by atoms with van der Waals surface area (Å²) in [5.74, 6) is 1.38. The summed E-state index contributed by atoms with van der Waals surface area (Å²) in [4.78, 5) is 7.06. The van der Waals surface area contributed by atoms with Gasteiger partial charge in [-0.15, -0.1) is 0 Å². The van der Waals surface area contributed by atoms with Crippen LogP contribution >= 0.6 is 11.5 Å². The molecule has 0 aromatic carbocycles. The van der Waals surface area contributed by atoms with Crippen molar-refractivity contribution in [3.63, 3.8) is 0 Å². The van der Waals surface area contributed by atoms with E-state index in [1.165, 1.54) is 24.4 Å². The smallest absolute Gasteiger partial charge is 0.205 e. The third-order valence-corrected chi connectivity index (χ3v) is 4.16. The van der Waals surface area contributed by atoms with Crippen LogP contribution in [0.1, 0.15) is 52.3 Å². The molecule has 2 heterocycles. The molecule has 1 aromatic heterocycles. The first-order valence-electron chi connectivity index (χ1n) is 6.91. The Kier molecular flexibility index (Phi) is 4.56. The fourth-order valence-corrected chi connectivity index (χ4v) is 3.19. The Hall–Kier alpha value is -0.680. The summed E-state index contributed by atoms with van der Waals surface area (Å²) >= 11 is 1.53. The van der Waals surface area contributed by atoms with Gasteiger partial charge in [0.15, 0.2) is 0 Å². The molecule has 0 aliphatic carbocycles. The molecule has 1 N–H and O–H groups in total. The molecule has 1 atom stereocenters. The van der Waals surface area contributed by atoms with Gasteiger partial charge in [0.25, 0.3) is 0 Å². The lowest BCUT2D eigenvalue weighted by Gasteiger charge is -2.28. The molecule has 1 aliphatic rings. The molecular formula is C13H24N4S. The van der Waals surface area contributed by atoms with E-state index in [9.17, 15) is 0 Å². The minimum Gasteiger partial charge on any atom is -0.343 e. The van der Waals surface area contributed by atoms with Crippen LogP contribution in [0.3, 0.4) is 0 Å². The van der Waals surface area contributed by atoms with Gasteiger partial charge in [0.05, 0.1) is 0 Å². The van der Waals surface area contributed by atoms with Crippen molar-refractivity contribution in [3.8, 4) is 0 Å². The number of hydrogen-bond acceptors (Lipinski definition) is 5. The lowest BCUT2D eigenvalue weighted by atomic mass is 10.2. The van der Waals surface area contributed by atoms with E-state index in [4.69, 9.17) is 0 Å². The van der Waals surface area contributed by atoms with Gasteiger partial charge < -0.3 is 10.2 Å². The largest absolute Gasteiger partial charge is 0.343 e. The zero-order chi connectivity index (χ0) is 13.1. The van der Waals surface area contributed by atoms with Crippen LogP contribution in [0.5, 0.6) is 0 Å². The molecule has 5 heteroatoms. The summed E-state index contributed by atoms with van der Waals surface area (Å²) in [5, 5.41) is 4.63. The van der Waals surface area contributed by atoms with Crippen LogP contribution in [0.15, 0.2) is 0 Å². The zero-order valence-corrected chi connectivity index (χ0v) is 12.6. The molecule has 0 spiro atoms. The predicted molar refractivity (Wildman–Crippen MR) is 77.5 cm³/mol. The van der Waals surface area contributed by atoms with Gasteiger partial charge in [-0.05, 0) is 33.2 Å². The first kappa shape index (κ1) is 13.7. The first-order valence-corrected chi connectivity index (χ1v) is 7.69. The quantitative estimate of drug-likeness (QED) is 0.891. The van der Waals surface area contributed by atoms with Crippen LogP contribution in [0.4, 0.5) is 5.13 Å². The Bertz CT molecular complexity index is 369. The van der Waals surface area contributed by atoms with Gasteiger partial charge in [-0.3, -0.25) is 0 Å². The molecule has 0 saturated carbocycles. The molecule has 102 valence electrons. The third kappa shape index (κ3) is 3.20. The van der Waals surface area contributed by atoms with Gasteiger partial charge in [0, 0.05) is 36.1 Å². The van der Waals surface area contributed by atoms with Crippen LogP contribution in [-0.2, 0) is 0 Å². The highest BCUT2D eigenvalue weighted by Crippen LogP contribution is 2.24. The van der Waals surface area contributed by atoms with Crippen LogP contribution < -0.4 is 10.2 Å². The lowest BCUT2D eigenvalue weighted by molar-refractivity contribution is 0.551. The van der Waals surface area contributed by atoms with Crippen molar-refractivity contribution in [2.24, 2.45) is 0 Å². The molecule has 0 bridgehead atoms. The van der Waals surface area contributed by atoms with E-state index < -0.39 is 0 Å².